The first-order chi connectivity index (χ1) is 12.8. The topological polar surface area (TPSA) is 35.5 Å². The van der Waals surface area contributed by atoms with Crippen molar-refractivity contribution in [3.05, 3.63) is 52.5 Å². The zero-order chi connectivity index (χ0) is 20.0. The van der Waals surface area contributed by atoms with Crippen molar-refractivity contribution < 1.29 is 14.3 Å². The van der Waals surface area contributed by atoms with Crippen LogP contribution in [0.1, 0.15) is 43.6 Å². The molecule has 0 bridgehead atoms. The summed E-state index contributed by atoms with van der Waals surface area (Å²) in [6, 6.07) is 11.2. The van der Waals surface area contributed by atoms with Crippen molar-refractivity contribution in [2.45, 2.75) is 34.6 Å². The second-order valence-electron chi connectivity index (χ2n) is 7.45. The molecule has 1 unspecified atom stereocenters. The van der Waals surface area contributed by atoms with Crippen LogP contribution in [0.2, 0.25) is 5.02 Å². The molecular weight excluding hydrogens is 386 g/mol. The van der Waals surface area contributed by atoms with Gasteiger partial charge in [0.05, 0.1) is 18.2 Å². The van der Waals surface area contributed by atoms with Crippen molar-refractivity contribution in [1.29, 1.82) is 0 Å². The molecule has 0 radical (unpaired) electrons. The van der Waals surface area contributed by atoms with E-state index in [1.807, 2.05) is 37.3 Å². The SMILES string of the molecule is Cc1cccc(Cl)c1C(=O)Pc1ccc(OCC(C)C)cc1OCC(C)C.[LiH]. The molecule has 2 rings (SSSR count). The summed E-state index contributed by atoms with van der Waals surface area (Å²) in [5, 5.41) is 1.37. The molecular formula is C22H29ClLiO3P. The molecule has 148 valence electrons. The maximum absolute atomic E-state index is 12.9. The van der Waals surface area contributed by atoms with Crippen LogP contribution >= 0.6 is 20.2 Å². The van der Waals surface area contributed by atoms with Gasteiger partial charge in [-0.05, 0) is 51.1 Å². The van der Waals surface area contributed by atoms with Crippen LogP contribution in [0.4, 0.5) is 0 Å². The summed E-state index contributed by atoms with van der Waals surface area (Å²) >= 11 is 6.26. The Bertz CT molecular complexity index is 773. The Hall–Kier alpha value is -0.973. The van der Waals surface area contributed by atoms with Crippen molar-refractivity contribution in [3.8, 4) is 11.5 Å². The molecule has 2 aromatic carbocycles. The fourth-order valence-corrected chi connectivity index (χ4v) is 3.96. The van der Waals surface area contributed by atoms with Crippen molar-refractivity contribution >= 4 is 49.9 Å². The number of ether oxygens (including phenoxy) is 2. The van der Waals surface area contributed by atoms with E-state index >= 15 is 0 Å². The monoisotopic (exact) mass is 414 g/mol. The standard InChI is InChI=1S/C22H28ClO3P.Li.H/c1-14(2)12-25-17-9-10-20(19(11-17)26-13-15(3)4)27-22(24)21-16(5)7-6-8-18(21)23;;/h6-11,14-15,27H,12-13H2,1-5H3;;. The number of halogens is 1. The third-order valence-electron chi connectivity index (χ3n) is 3.81. The normalized spacial score (nSPS) is 11.1. The van der Waals surface area contributed by atoms with E-state index in [0.29, 0.717) is 41.4 Å². The van der Waals surface area contributed by atoms with Crippen molar-refractivity contribution in [3.63, 3.8) is 0 Å². The van der Waals surface area contributed by atoms with Crippen LogP contribution in [0.25, 0.3) is 0 Å². The van der Waals surface area contributed by atoms with Gasteiger partial charge in [-0.15, -0.1) is 0 Å². The summed E-state index contributed by atoms with van der Waals surface area (Å²) in [6.07, 6.45) is 0. The molecule has 0 amide bonds. The van der Waals surface area contributed by atoms with Gasteiger partial charge >= 0.3 is 18.9 Å². The maximum atomic E-state index is 12.9. The summed E-state index contributed by atoms with van der Waals surface area (Å²) < 4.78 is 11.8. The Morgan fingerprint density at radius 1 is 1.04 bits per heavy atom. The van der Waals surface area contributed by atoms with Crippen molar-refractivity contribution in [2.24, 2.45) is 11.8 Å². The van der Waals surface area contributed by atoms with Crippen LogP contribution in [-0.4, -0.2) is 37.6 Å². The van der Waals surface area contributed by atoms with E-state index in [1.54, 1.807) is 6.07 Å². The Morgan fingerprint density at radius 2 is 1.68 bits per heavy atom. The van der Waals surface area contributed by atoms with Gasteiger partial charge in [-0.3, -0.25) is 4.79 Å². The molecule has 0 saturated heterocycles. The molecule has 0 saturated carbocycles. The fourth-order valence-electron chi connectivity index (χ4n) is 2.44. The summed E-state index contributed by atoms with van der Waals surface area (Å²) in [7, 11) is -0.0594. The summed E-state index contributed by atoms with van der Waals surface area (Å²) in [6.45, 7) is 11.5. The predicted molar refractivity (Wildman–Crippen MR) is 123 cm³/mol. The summed E-state index contributed by atoms with van der Waals surface area (Å²) in [5.74, 6) is 2.30. The number of hydrogen-bond donors (Lipinski definition) is 0. The van der Waals surface area contributed by atoms with Gasteiger partial charge in [0, 0.05) is 16.9 Å². The van der Waals surface area contributed by atoms with Crippen molar-refractivity contribution in [2.75, 3.05) is 13.2 Å². The fraction of sp³-hybridized carbons (Fsp3) is 0.409. The quantitative estimate of drug-likeness (QED) is 0.417. The van der Waals surface area contributed by atoms with Crippen LogP contribution in [0.5, 0.6) is 11.5 Å². The number of carbonyl (C=O) groups excluding carboxylic acids is 1. The van der Waals surface area contributed by atoms with E-state index in [1.165, 1.54) is 0 Å². The average Bonchev–Trinajstić information content (AvgIpc) is 2.59. The van der Waals surface area contributed by atoms with Crippen LogP contribution in [-0.2, 0) is 0 Å². The molecule has 28 heavy (non-hydrogen) atoms. The molecule has 0 spiro atoms. The molecule has 6 heteroatoms. The van der Waals surface area contributed by atoms with E-state index in [4.69, 9.17) is 21.1 Å². The van der Waals surface area contributed by atoms with E-state index in [0.717, 1.165) is 16.6 Å². The van der Waals surface area contributed by atoms with Gasteiger partial charge in [-0.25, -0.2) is 0 Å². The molecule has 3 nitrogen and oxygen atoms in total. The minimum absolute atomic E-state index is 0. The first kappa shape index (κ1) is 25.1. The molecule has 0 aromatic heterocycles. The minimum atomic E-state index is -0.0594. The third-order valence-corrected chi connectivity index (χ3v) is 5.28. The van der Waals surface area contributed by atoms with Gasteiger partial charge in [0.1, 0.15) is 11.5 Å². The van der Waals surface area contributed by atoms with Gasteiger partial charge < -0.3 is 9.47 Å². The van der Waals surface area contributed by atoms with Crippen LogP contribution in [0, 0.1) is 18.8 Å². The molecule has 0 N–H and O–H groups in total. The second kappa shape index (κ2) is 11.9. The molecule has 0 heterocycles. The van der Waals surface area contributed by atoms with Crippen LogP contribution in [0.3, 0.4) is 0 Å². The van der Waals surface area contributed by atoms with Crippen LogP contribution in [0.15, 0.2) is 36.4 Å². The number of carbonyl (C=O) groups is 1. The first-order valence-corrected chi connectivity index (χ1v) is 10.6. The second-order valence-corrected chi connectivity index (χ2v) is 9.10. The Kier molecular flexibility index (Phi) is 10.6. The number of benzene rings is 2. The third kappa shape index (κ3) is 7.45. The number of aryl methyl sites for hydroxylation is 1. The van der Waals surface area contributed by atoms with E-state index < -0.39 is 0 Å². The molecule has 2 aromatic rings. The molecule has 1 atom stereocenters. The first-order valence-electron chi connectivity index (χ1n) is 9.24. The molecule has 0 aliphatic heterocycles. The molecule has 0 aliphatic rings. The van der Waals surface area contributed by atoms with Crippen molar-refractivity contribution in [1.82, 2.24) is 0 Å². The summed E-state index contributed by atoms with van der Waals surface area (Å²) in [5.41, 5.74) is 1.50. The molecule has 0 aliphatic carbocycles. The van der Waals surface area contributed by atoms with Gasteiger partial charge in [-0.1, -0.05) is 51.4 Å². The average molecular weight is 415 g/mol. The van der Waals surface area contributed by atoms with Crippen LogP contribution < -0.4 is 14.8 Å². The number of hydrogen-bond acceptors (Lipinski definition) is 3. The Balaban J connectivity index is 0.00000392. The zero-order valence-corrected chi connectivity index (χ0v) is 18.4. The predicted octanol–water partition coefficient (Wildman–Crippen LogP) is 5.21. The van der Waals surface area contributed by atoms with E-state index in [9.17, 15) is 4.79 Å². The Morgan fingerprint density at radius 3 is 2.29 bits per heavy atom. The summed E-state index contributed by atoms with van der Waals surface area (Å²) in [4.78, 5) is 12.9. The van der Waals surface area contributed by atoms with Gasteiger partial charge in [0.2, 0.25) is 0 Å². The van der Waals surface area contributed by atoms with Gasteiger partial charge in [0.25, 0.3) is 0 Å². The van der Waals surface area contributed by atoms with Gasteiger partial charge in [-0.2, -0.15) is 0 Å². The van der Waals surface area contributed by atoms with E-state index in [2.05, 4.69) is 27.7 Å². The molecule has 0 fully saturated rings. The zero-order valence-electron chi connectivity index (χ0n) is 16.6. The number of rotatable bonds is 9. The van der Waals surface area contributed by atoms with E-state index in [-0.39, 0.29) is 33.0 Å². The Labute approximate surface area is 187 Å². The van der Waals surface area contributed by atoms with Gasteiger partial charge in [0.15, 0.2) is 5.52 Å².